The largest absolute Gasteiger partial charge is 0.298 e. The van der Waals surface area contributed by atoms with Crippen molar-refractivity contribution < 1.29 is 0 Å². The van der Waals surface area contributed by atoms with Gasteiger partial charge in [0.1, 0.15) is 6.33 Å². The molecule has 0 bridgehead atoms. The molecule has 0 saturated carbocycles. The standard InChI is InChI=1S/C20H25N5/c1-14-6-7-17(15(2)9-14)11-24-8-4-5-18(12-24)19-10-16(3)23-20-21-13-22-25(19)20/h6-7,9-10,13,18H,4-5,8,11-12H2,1-3H3. The minimum Gasteiger partial charge on any atom is -0.298 e. The van der Waals surface area contributed by atoms with E-state index in [4.69, 9.17) is 0 Å². The van der Waals surface area contributed by atoms with Crippen LogP contribution in [0.4, 0.5) is 0 Å². The summed E-state index contributed by atoms with van der Waals surface area (Å²) in [6, 6.07) is 8.95. The first-order chi connectivity index (χ1) is 12.1. The lowest BCUT2D eigenvalue weighted by molar-refractivity contribution is 0.197. The van der Waals surface area contributed by atoms with Crippen LogP contribution in [-0.4, -0.2) is 37.6 Å². The van der Waals surface area contributed by atoms with Crippen molar-refractivity contribution in [2.75, 3.05) is 13.1 Å². The lowest BCUT2D eigenvalue weighted by Crippen LogP contribution is -2.34. The molecular formula is C20H25N5. The molecule has 0 N–H and O–H groups in total. The molecule has 1 aliphatic rings. The molecule has 1 unspecified atom stereocenters. The van der Waals surface area contributed by atoms with Crippen LogP contribution in [0.5, 0.6) is 0 Å². The third-order valence-electron chi connectivity index (χ3n) is 5.22. The van der Waals surface area contributed by atoms with Crippen LogP contribution < -0.4 is 0 Å². The highest BCUT2D eigenvalue weighted by Gasteiger charge is 2.24. The molecule has 0 amide bonds. The number of rotatable bonds is 3. The first-order valence-corrected chi connectivity index (χ1v) is 9.06. The molecule has 1 aliphatic heterocycles. The summed E-state index contributed by atoms with van der Waals surface area (Å²) < 4.78 is 1.91. The lowest BCUT2D eigenvalue weighted by Gasteiger charge is -2.33. The highest BCUT2D eigenvalue weighted by Crippen LogP contribution is 2.28. The van der Waals surface area contributed by atoms with Gasteiger partial charge in [-0.1, -0.05) is 23.8 Å². The van der Waals surface area contributed by atoms with E-state index in [9.17, 15) is 0 Å². The van der Waals surface area contributed by atoms with Gasteiger partial charge in [0.05, 0.1) is 5.69 Å². The zero-order valence-electron chi connectivity index (χ0n) is 15.2. The Bertz CT molecular complexity index is 898. The Morgan fingerprint density at radius 3 is 2.88 bits per heavy atom. The van der Waals surface area contributed by atoms with Crippen LogP contribution in [0.1, 0.15) is 46.8 Å². The second kappa shape index (κ2) is 6.56. The van der Waals surface area contributed by atoms with Crippen molar-refractivity contribution in [3.8, 4) is 0 Å². The normalized spacial score (nSPS) is 18.8. The maximum atomic E-state index is 4.47. The Balaban J connectivity index is 1.57. The highest BCUT2D eigenvalue weighted by molar-refractivity contribution is 5.32. The van der Waals surface area contributed by atoms with E-state index in [1.807, 2.05) is 11.4 Å². The van der Waals surface area contributed by atoms with Crippen LogP contribution in [-0.2, 0) is 6.54 Å². The number of fused-ring (bicyclic) bond motifs is 1. The smallest absolute Gasteiger partial charge is 0.252 e. The van der Waals surface area contributed by atoms with E-state index in [2.05, 4.69) is 58.1 Å². The van der Waals surface area contributed by atoms with Gasteiger partial charge >= 0.3 is 0 Å². The van der Waals surface area contributed by atoms with E-state index in [0.717, 1.165) is 25.3 Å². The number of aromatic nitrogens is 4. The molecule has 2 aromatic heterocycles. The van der Waals surface area contributed by atoms with E-state index in [0.29, 0.717) is 11.7 Å². The monoisotopic (exact) mass is 335 g/mol. The number of benzene rings is 1. The summed E-state index contributed by atoms with van der Waals surface area (Å²) in [5.74, 6) is 1.19. The number of hydrogen-bond acceptors (Lipinski definition) is 4. The summed E-state index contributed by atoms with van der Waals surface area (Å²) >= 11 is 0. The van der Waals surface area contributed by atoms with Crippen LogP contribution >= 0.6 is 0 Å². The molecule has 1 fully saturated rings. The Morgan fingerprint density at radius 2 is 2.04 bits per heavy atom. The van der Waals surface area contributed by atoms with E-state index in [-0.39, 0.29) is 0 Å². The SMILES string of the molecule is Cc1ccc(CN2CCCC(c3cc(C)nc4ncnn34)C2)c(C)c1. The van der Waals surface area contributed by atoms with E-state index in [1.54, 1.807) is 6.33 Å². The zero-order chi connectivity index (χ0) is 17.4. The van der Waals surface area contributed by atoms with Crippen LogP contribution in [0.25, 0.3) is 5.78 Å². The molecule has 0 spiro atoms. The van der Waals surface area contributed by atoms with Gasteiger partial charge in [-0.05, 0) is 57.4 Å². The van der Waals surface area contributed by atoms with Gasteiger partial charge in [0.2, 0.25) is 0 Å². The third kappa shape index (κ3) is 3.29. The minimum absolute atomic E-state index is 0.477. The quantitative estimate of drug-likeness (QED) is 0.736. The molecule has 5 nitrogen and oxygen atoms in total. The topological polar surface area (TPSA) is 46.3 Å². The summed E-state index contributed by atoms with van der Waals surface area (Å²) in [6.45, 7) is 9.65. The predicted molar refractivity (Wildman–Crippen MR) is 98.7 cm³/mol. The van der Waals surface area contributed by atoms with Gasteiger partial charge < -0.3 is 0 Å². The maximum absolute atomic E-state index is 4.47. The first-order valence-electron chi connectivity index (χ1n) is 9.06. The van der Waals surface area contributed by atoms with Gasteiger partial charge in [0.25, 0.3) is 5.78 Å². The van der Waals surface area contributed by atoms with Crippen molar-refractivity contribution >= 4 is 5.78 Å². The van der Waals surface area contributed by atoms with Gasteiger partial charge in [-0.25, -0.2) is 9.50 Å². The van der Waals surface area contributed by atoms with Crippen molar-refractivity contribution in [3.05, 3.63) is 58.7 Å². The fraction of sp³-hybridized carbons (Fsp3) is 0.450. The van der Waals surface area contributed by atoms with Gasteiger partial charge in [-0.3, -0.25) is 4.90 Å². The number of piperidine rings is 1. The molecule has 4 rings (SSSR count). The van der Waals surface area contributed by atoms with E-state index >= 15 is 0 Å². The molecule has 25 heavy (non-hydrogen) atoms. The van der Waals surface area contributed by atoms with Gasteiger partial charge in [0, 0.05) is 24.7 Å². The van der Waals surface area contributed by atoms with E-state index < -0.39 is 0 Å². The van der Waals surface area contributed by atoms with Crippen LogP contribution in [0, 0.1) is 20.8 Å². The Labute approximate surface area is 148 Å². The van der Waals surface area contributed by atoms with Crippen molar-refractivity contribution in [1.29, 1.82) is 0 Å². The molecule has 130 valence electrons. The van der Waals surface area contributed by atoms with Crippen molar-refractivity contribution in [3.63, 3.8) is 0 Å². The number of likely N-dealkylation sites (tertiary alicyclic amines) is 1. The van der Waals surface area contributed by atoms with Crippen molar-refractivity contribution in [1.82, 2.24) is 24.5 Å². The molecule has 1 aromatic carbocycles. The Kier molecular flexibility index (Phi) is 4.25. The summed E-state index contributed by atoms with van der Waals surface area (Å²) in [4.78, 5) is 11.3. The highest BCUT2D eigenvalue weighted by atomic mass is 15.3. The fourth-order valence-electron chi connectivity index (χ4n) is 3.95. The molecule has 3 heterocycles. The zero-order valence-corrected chi connectivity index (χ0v) is 15.2. The van der Waals surface area contributed by atoms with E-state index in [1.165, 1.54) is 35.2 Å². The minimum atomic E-state index is 0.477. The average molecular weight is 335 g/mol. The molecule has 0 radical (unpaired) electrons. The van der Waals surface area contributed by atoms with Crippen LogP contribution in [0.2, 0.25) is 0 Å². The Morgan fingerprint density at radius 1 is 1.16 bits per heavy atom. The second-order valence-corrected chi connectivity index (χ2v) is 7.30. The number of aryl methyl sites for hydroxylation is 3. The molecular weight excluding hydrogens is 310 g/mol. The van der Waals surface area contributed by atoms with Crippen molar-refractivity contribution in [2.24, 2.45) is 0 Å². The summed E-state index contributed by atoms with van der Waals surface area (Å²) in [7, 11) is 0. The molecule has 5 heteroatoms. The fourth-order valence-corrected chi connectivity index (χ4v) is 3.95. The molecule has 1 saturated heterocycles. The number of nitrogens with zero attached hydrogens (tertiary/aromatic N) is 5. The lowest BCUT2D eigenvalue weighted by atomic mass is 9.93. The van der Waals surface area contributed by atoms with Gasteiger partial charge in [-0.15, -0.1) is 0 Å². The maximum Gasteiger partial charge on any atom is 0.252 e. The Hall–Kier alpha value is -2.27. The third-order valence-corrected chi connectivity index (χ3v) is 5.22. The average Bonchev–Trinajstić information content (AvgIpc) is 3.05. The molecule has 0 aliphatic carbocycles. The van der Waals surface area contributed by atoms with Gasteiger partial charge in [0.15, 0.2) is 0 Å². The summed E-state index contributed by atoms with van der Waals surface area (Å²) in [5.41, 5.74) is 6.41. The van der Waals surface area contributed by atoms with Gasteiger partial charge in [-0.2, -0.15) is 10.1 Å². The first kappa shape index (κ1) is 16.2. The summed E-state index contributed by atoms with van der Waals surface area (Å²) in [5, 5.41) is 4.39. The molecule has 3 aromatic rings. The predicted octanol–water partition coefficient (Wildman–Crippen LogP) is 3.43. The van der Waals surface area contributed by atoms with Crippen LogP contribution in [0.3, 0.4) is 0 Å². The second-order valence-electron chi connectivity index (χ2n) is 7.30. The summed E-state index contributed by atoms with van der Waals surface area (Å²) in [6.07, 6.45) is 4.01. The van der Waals surface area contributed by atoms with Crippen molar-refractivity contribution in [2.45, 2.75) is 46.1 Å². The molecule has 1 atom stereocenters. The van der Waals surface area contributed by atoms with Crippen LogP contribution in [0.15, 0.2) is 30.6 Å². The number of hydrogen-bond donors (Lipinski definition) is 0.